The minimum atomic E-state index is 0.499. The van der Waals surface area contributed by atoms with Crippen LogP contribution in [0.1, 0.15) is 5.56 Å². The Kier molecular flexibility index (Phi) is 1.98. The molecule has 2 aromatic heterocycles. The molecule has 0 unspecified atom stereocenters. The van der Waals surface area contributed by atoms with Crippen LogP contribution in [0.4, 0.5) is 5.82 Å². The number of nitrogen functional groups attached to an aromatic ring is 1. The Morgan fingerprint density at radius 2 is 2.06 bits per heavy atom. The minimum Gasteiger partial charge on any atom is -0.454 e. The Labute approximate surface area is 98.6 Å². The maximum atomic E-state index is 5.81. The van der Waals surface area contributed by atoms with Gasteiger partial charge < -0.3 is 10.2 Å². The number of fused-ring (bicyclic) bond motifs is 1. The average molecular weight is 227 g/mol. The molecule has 0 aliphatic heterocycles. The predicted octanol–water partition coefficient (Wildman–Crippen LogP) is 2.72. The van der Waals surface area contributed by atoms with Gasteiger partial charge in [0.1, 0.15) is 17.1 Å². The molecule has 4 nitrogen and oxygen atoms in total. The van der Waals surface area contributed by atoms with Gasteiger partial charge in [-0.25, -0.2) is 0 Å². The highest BCUT2D eigenvalue weighted by molar-refractivity contribution is 5.83. The van der Waals surface area contributed by atoms with Crippen LogP contribution in [0.2, 0.25) is 0 Å². The van der Waals surface area contributed by atoms with Gasteiger partial charge in [0.05, 0.1) is 0 Å². The van der Waals surface area contributed by atoms with Crippen LogP contribution in [0, 0.1) is 6.92 Å². The molecule has 86 valence electrons. The van der Waals surface area contributed by atoms with Crippen LogP contribution < -0.4 is 5.73 Å². The van der Waals surface area contributed by atoms with Crippen molar-refractivity contribution >= 4 is 16.8 Å². The van der Waals surface area contributed by atoms with Gasteiger partial charge in [0.25, 0.3) is 0 Å². The highest BCUT2D eigenvalue weighted by Crippen LogP contribution is 2.28. The zero-order valence-electron chi connectivity index (χ0n) is 9.77. The number of hydrogen-bond acceptors (Lipinski definition) is 3. The van der Waals surface area contributed by atoms with Crippen molar-refractivity contribution in [2.75, 3.05) is 5.73 Å². The second-order valence-corrected chi connectivity index (χ2v) is 4.23. The second-order valence-electron chi connectivity index (χ2n) is 4.23. The summed E-state index contributed by atoms with van der Waals surface area (Å²) in [7, 11) is 1.85. The Bertz CT molecular complexity index is 694. The number of rotatable bonds is 1. The van der Waals surface area contributed by atoms with Gasteiger partial charge in [-0.2, -0.15) is 5.10 Å². The third-order valence-corrected chi connectivity index (χ3v) is 2.83. The first-order valence-electron chi connectivity index (χ1n) is 5.43. The topological polar surface area (TPSA) is 57.0 Å². The van der Waals surface area contributed by atoms with Gasteiger partial charge in [0.15, 0.2) is 5.76 Å². The largest absolute Gasteiger partial charge is 0.454 e. The van der Waals surface area contributed by atoms with E-state index in [1.807, 2.05) is 32.2 Å². The van der Waals surface area contributed by atoms with Crippen LogP contribution in [0.3, 0.4) is 0 Å². The van der Waals surface area contributed by atoms with Crippen molar-refractivity contribution in [3.05, 3.63) is 35.9 Å². The number of hydrogen-bond donors (Lipinski definition) is 1. The van der Waals surface area contributed by atoms with E-state index in [9.17, 15) is 0 Å². The zero-order valence-corrected chi connectivity index (χ0v) is 9.77. The Hall–Kier alpha value is -2.23. The van der Waals surface area contributed by atoms with E-state index in [1.54, 1.807) is 4.68 Å². The smallest absolute Gasteiger partial charge is 0.153 e. The van der Waals surface area contributed by atoms with Gasteiger partial charge in [0, 0.05) is 18.5 Å². The monoisotopic (exact) mass is 227 g/mol. The number of anilines is 1. The molecule has 0 saturated carbocycles. The molecule has 1 aromatic carbocycles. The van der Waals surface area contributed by atoms with Crippen LogP contribution in [0.5, 0.6) is 0 Å². The van der Waals surface area contributed by atoms with Crippen molar-refractivity contribution in [1.82, 2.24) is 9.78 Å². The van der Waals surface area contributed by atoms with Crippen molar-refractivity contribution in [2.45, 2.75) is 6.92 Å². The quantitative estimate of drug-likeness (QED) is 0.695. The second kappa shape index (κ2) is 3.38. The third kappa shape index (κ3) is 1.58. The van der Waals surface area contributed by atoms with E-state index < -0.39 is 0 Å². The van der Waals surface area contributed by atoms with Crippen molar-refractivity contribution in [3.63, 3.8) is 0 Å². The highest BCUT2D eigenvalue weighted by Gasteiger charge is 2.11. The highest BCUT2D eigenvalue weighted by atomic mass is 16.3. The molecule has 0 saturated heterocycles. The average Bonchev–Trinajstić information content (AvgIpc) is 2.80. The Morgan fingerprint density at radius 3 is 2.76 bits per heavy atom. The Balaban J connectivity index is 2.21. The maximum Gasteiger partial charge on any atom is 0.153 e. The van der Waals surface area contributed by atoms with E-state index in [-0.39, 0.29) is 0 Å². The SMILES string of the molecule is Cc1ccc2cc(-c3cc(N)nn3C)oc2c1. The van der Waals surface area contributed by atoms with Crippen molar-refractivity contribution in [3.8, 4) is 11.5 Å². The van der Waals surface area contributed by atoms with Gasteiger partial charge in [-0.15, -0.1) is 0 Å². The van der Waals surface area contributed by atoms with E-state index in [0.29, 0.717) is 5.82 Å². The molecule has 0 aliphatic rings. The van der Waals surface area contributed by atoms with Gasteiger partial charge in [-0.1, -0.05) is 12.1 Å². The van der Waals surface area contributed by atoms with Gasteiger partial charge >= 0.3 is 0 Å². The molecule has 0 aliphatic carbocycles. The summed E-state index contributed by atoms with van der Waals surface area (Å²) in [5, 5.41) is 5.20. The minimum absolute atomic E-state index is 0.499. The number of nitrogens with two attached hydrogens (primary N) is 1. The van der Waals surface area contributed by atoms with E-state index in [4.69, 9.17) is 10.2 Å². The molecule has 3 aromatic rings. The summed E-state index contributed by atoms with van der Waals surface area (Å²) in [6, 6.07) is 9.96. The molecule has 3 rings (SSSR count). The van der Waals surface area contributed by atoms with Gasteiger partial charge in [-0.3, -0.25) is 4.68 Å². The number of benzene rings is 1. The normalized spacial score (nSPS) is 11.2. The fraction of sp³-hybridized carbons (Fsp3) is 0.154. The molecule has 2 N–H and O–H groups in total. The van der Waals surface area contributed by atoms with Crippen LogP contribution in [0.25, 0.3) is 22.4 Å². The fourth-order valence-electron chi connectivity index (χ4n) is 1.98. The fourth-order valence-corrected chi connectivity index (χ4v) is 1.98. The summed E-state index contributed by atoms with van der Waals surface area (Å²) in [5.74, 6) is 1.29. The van der Waals surface area contributed by atoms with E-state index in [2.05, 4.69) is 17.2 Å². The first kappa shape index (κ1) is 9.96. The van der Waals surface area contributed by atoms with Crippen molar-refractivity contribution in [1.29, 1.82) is 0 Å². The van der Waals surface area contributed by atoms with Crippen LogP contribution in [0.15, 0.2) is 34.7 Å². The number of aromatic nitrogens is 2. The summed E-state index contributed by atoms with van der Waals surface area (Å²) in [4.78, 5) is 0. The lowest BCUT2D eigenvalue weighted by atomic mass is 10.2. The van der Waals surface area contributed by atoms with Gasteiger partial charge in [-0.05, 0) is 24.6 Å². The zero-order chi connectivity index (χ0) is 12.0. The number of nitrogens with zero attached hydrogens (tertiary/aromatic N) is 2. The van der Waals surface area contributed by atoms with Crippen LogP contribution in [-0.4, -0.2) is 9.78 Å². The van der Waals surface area contributed by atoms with Crippen LogP contribution in [-0.2, 0) is 7.05 Å². The van der Waals surface area contributed by atoms with Gasteiger partial charge in [0.2, 0.25) is 0 Å². The third-order valence-electron chi connectivity index (χ3n) is 2.83. The van der Waals surface area contributed by atoms with E-state index in [1.165, 1.54) is 5.56 Å². The first-order chi connectivity index (χ1) is 8.13. The molecular formula is C13H13N3O. The van der Waals surface area contributed by atoms with Crippen molar-refractivity contribution < 1.29 is 4.42 Å². The summed E-state index contributed by atoms with van der Waals surface area (Å²) in [6.07, 6.45) is 0. The lowest BCUT2D eigenvalue weighted by molar-refractivity contribution is 0.618. The summed E-state index contributed by atoms with van der Waals surface area (Å²) in [5.41, 5.74) is 8.62. The molecule has 0 fully saturated rings. The molecule has 17 heavy (non-hydrogen) atoms. The predicted molar refractivity (Wildman–Crippen MR) is 67.6 cm³/mol. The maximum absolute atomic E-state index is 5.81. The molecule has 0 atom stereocenters. The van der Waals surface area contributed by atoms with E-state index >= 15 is 0 Å². The number of furan rings is 1. The summed E-state index contributed by atoms with van der Waals surface area (Å²) in [6.45, 7) is 2.05. The molecule has 0 radical (unpaired) electrons. The van der Waals surface area contributed by atoms with Crippen LogP contribution >= 0.6 is 0 Å². The Morgan fingerprint density at radius 1 is 1.24 bits per heavy atom. The molecule has 0 spiro atoms. The molecule has 4 heteroatoms. The van der Waals surface area contributed by atoms with E-state index in [0.717, 1.165) is 22.4 Å². The lowest BCUT2D eigenvalue weighted by Crippen LogP contribution is -1.93. The summed E-state index contributed by atoms with van der Waals surface area (Å²) < 4.78 is 7.53. The molecule has 2 heterocycles. The molecule has 0 amide bonds. The lowest BCUT2D eigenvalue weighted by Gasteiger charge is -1.95. The number of aryl methyl sites for hydroxylation is 2. The first-order valence-corrected chi connectivity index (χ1v) is 5.43. The van der Waals surface area contributed by atoms with Crippen molar-refractivity contribution in [2.24, 2.45) is 7.05 Å². The standard InChI is InChI=1S/C13H13N3O/c1-8-3-4-9-6-12(17-11(9)5-8)10-7-13(14)15-16(10)2/h3-7H,1-2H3,(H2,14,15). The molecule has 0 bridgehead atoms. The molecular weight excluding hydrogens is 214 g/mol. The summed E-state index contributed by atoms with van der Waals surface area (Å²) >= 11 is 0.